The molecule has 0 fully saturated rings. The average Bonchev–Trinajstić information content (AvgIpc) is 2.75. The average molecular weight is 461 g/mol. The molecule has 1 aromatic carbocycles. The summed E-state index contributed by atoms with van der Waals surface area (Å²) in [7, 11) is 0. The Morgan fingerprint density at radius 3 is 2.73 bits per heavy atom. The Labute approximate surface area is 187 Å². The standard InChI is InChI=1S/C21H24FN5O6/c22-16-11(5-4-10-8-13-17(24-9-10)26-21(23)27-19(13)31)2-1-3-12(16)18(30)25-14(20(32)33)6-7-15(28)29/h1-3,10,14H,4-9H2,(H,25,30)(H,28,29)(H,32,33)(H4,23,24,26,27,31)/t10?,14-/m0/s1. The van der Waals surface area contributed by atoms with Crippen molar-refractivity contribution >= 4 is 29.6 Å². The van der Waals surface area contributed by atoms with Crippen LogP contribution in [0.3, 0.4) is 0 Å². The molecule has 7 N–H and O–H groups in total. The van der Waals surface area contributed by atoms with Crippen molar-refractivity contribution in [3.05, 3.63) is 40.7 Å². The molecule has 0 bridgehead atoms. The first kappa shape index (κ1) is 23.7. The Morgan fingerprint density at radius 1 is 1.27 bits per heavy atom. The molecule has 11 nitrogen and oxygen atoms in total. The number of fused-ring (bicyclic) bond motifs is 1. The van der Waals surface area contributed by atoms with E-state index in [1.165, 1.54) is 18.2 Å². The fourth-order valence-electron chi connectivity index (χ4n) is 3.70. The third-order valence-corrected chi connectivity index (χ3v) is 5.45. The molecule has 2 heterocycles. The predicted octanol–water partition coefficient (Wildman–Crippen LogP) is 1.17. The van der Waals surface area contributed by atoms with Crippen LogP contribution in [0.2, 0.25) is 0 Å². The number of aromatic nitrogens is 2. The van der Waals surface area contributed by atoms with Gasteiger partial charge < -0.3 is 31.7 Å². The number of carboxylic acids is 2. The number of nitrogens with two attached hydrogens (primary N) is 1. The molecule has 0 saturated carbocycles. The number of carbonyl (C=O) groups excluding carboxylic acids is 1. The highest BCUT2D eigenvalue weighted by atomic mass is 19.1. The second kappa shape index (κ2) is 10.1. The minimum absolute atomic E-state index is 0.0394. The maximum atomic E-state index is 15.0. The highest BCUT2D eigenvalue weighted by molar-refractivity contribution is 5.97. The van der Waals surface area contributed by atoms with Gasteiger partial charge in [-0.05, 0) is 43.2 Å². The lowest BCUT2D eigenvalue weighted by Gasteiger charge is -2.25. The van der Waals surface area contributed by atoms with Gasteiger partial charge in [-0.25, -0.2) is 9.18 Å². The summed E-state index contributed by atoms with van der Waals surface area (Å²) in [6, 6.07) is 2.82. The highest BCUT2D eigenvalue weighted by Gasteiger charge is 2.26. The van der Waals surface area contributed by atoms with Crippen molar-refractivity contribution in [2.24, 2.45) is 5.92 Å². The van der Waals surface area contributed by atoms with E-state index in [9.17, 15) is 29.0 Å². The molecule has 0 spiro atoms. The van der Waals surface area contributed by atoms with Crippen LogP contribution in [-0.4, -0.2) is 55.7 Å². The number of carbonyl (C=O) groups is 3. The second-order valence-electron chi connectivity index (χ2n) is 7.80. The Balaban J connectivity index is 1.65. The molecule has 33 heavy (non-hydrogen) atoms. The van der Waals surface area contributed by atoms with E-state index in [1.54, 1.807) is 0 Å². The summed E-state index contributed by atoms with van der Waals surface area (Å²) in [5.74, 6) is -4.03. The van der Waals surface area contributed by atoms with E-state index in [0.29, 0.717) is 37.2 Å². The van der Waals surface area contributed by atoms with Crippen LogP contribution in [0, 0.1) is 11.7 Å². The van der Waals surface area contributed by atoms with Gasteiger partial charge in [-0.1, -0.05) is 12.1 Å². The fraction of sp³-hybridized carbons (Fsp3) is 0.381. The van der Waals surface area contributed by atoms with Crippen LogP contribution in [0.1, 0.15) is 40.7 Å². The number of aliphatic carboxylic acids is 2. The van der Waals surface area contributed by atoms with Crippen molar-refractivity contribution < 1.29 is 34.1 Å². The summed E-state index contributed by atoms with van der Waals surface area (Å²) in [5.41, 5.74) is 6.03. The molecular weight excluding hydrogens is 437 g/mol. The molecule has 12 heteroatoms. The molecule has 3 rings (SSSR count). The normalized spacial score (nSPS) is 15.7. The number of aromatic hydroxyl groups is 1. The zero-order chi connectivity index (χ0) is 24.1. The first-order chi connectivity index (χ1) is 15.7. The van der Waals surface area contributed by atoms with Crippen LogP contribution in [0.5, 0.6) is 5.88 Å². The van der Waals surface area contributed by atoms with Crippen molar-refractivity contribution in [2.75, 3.05) is 17.6 Å². The molecule has 1 unspecified atom stereocenters. The van der Waals surface area contributed by atoms with Crippen LogP contribution in [0.15, 0.2) is 18.2 Å². The van der Waals surface area contributed by atoms with Gasteiger partial charge in [-0.15, -0.1) is 0 Å². The number of nitrogen functional groups attached to an aromatic ring is 1. The van der Waals surface area contributed by atoms with Gasteiger partial charge in [0, 0.05) is 13.0 Å². The summed E-state index contributed by atoms with van der Waals surface area (Å²) in [5, 5.41) is 33.2. The minimum atomic E-state index is -1.45. The summed E-state index contributed by atoms with van der Waals surface area (Å²) < 4.78 is 15.0. The first-order valence-electron chi connectivity index (χ1n) is 10.3. The maximum Gasteiger partial charge on any atom is 0.326 e. The van der Waals surface area contributed by atoms with Gasteiger partial charge in [0.2, 0.25) is 11.8 Å². The number of nitrogens with one attached hydrogen (secondary N) is 2. The molecule has 1 aliphatic rings. The van der Waals surface area contributed by atoms with Gasteiger partial charge >= 0.3 is 11.9 Å². The maximum absolute atomic E-state index is 15.0. The van der Waals surface area contributed by atoms with E-state index in [2.05, 4.69) is 20.6 Å². The molecule has 2 atom stereocenters. The molecule has 176 valence electrons. The van der Waals surface area contributed by atoms with Gasteiger partial charge in [0.1, 0.15) is 17.7 Å². The van der Waals surface area contributed by atoms with Crippen molar-refractivity contribution in [3.8, 4) is 5.88 Å². The van der Waals surface area contributed by atoms with Gasteiger partial charge in [0.25, 0.3) is 5.91 Å². The van der Waals surface area contributed by atoms with Crippen molar-refractivity contribution in [3.63, 3.8) is 0 Å². The third kappa shape index (κ3) is 5.84. The number of rotatable bonds is 9. The van der Waals surface area contributed by atoms with E-state index in [1.807, 2.05) is 0 Å². The zero-order valence-electron chi connectivity index (χ0n) is 17.5. The Morgan fingerprint density at radius 2 is 2.03 bits per heavy atom. The summed E-state index contributed by atoms with van der Waals surface area (Å²) >= 11 is 0. The topological polar surface area (TPSA) is 188 Å². The molecular formula is C21H24FN5O6. The highest BCUT2D eigenvalue weighted by Crippen LogP contribution is 2.31. The number of anilines is 2. The second-order valence-corrected chi connectivity index (χ2v) is 7.80. The van der Waals surface area contributed by atoms with Crippen LogP contribution < -0.4 is 16.4 Å². The molecule has 1 amide bonds. The number of hydrogen-bond acceptors (Lipinski definition) is 8. The van der Waals surface area contributed by atoms with Gasteiger partial charge in [0.05, 0.1) is 11.1 Å². The van der Waals surface area contributed by atoms with E-state index < -0.39 is 36.1 Å². The lowest BCUT2D eigenvalue weighted by molar-refractivity contribution is -0.140. The Kier molecular flexibility index (Phi) is 7.26. The van der Waals surface area contributed by atoms with Crippen LogP contribution >= 0.6 is 0 Å². The molecule has 2 aromatic rings. The number of hydrogen-bond donors (Lipinski definition) is 6. The fourth-order valence-corrected chi connectivity index (χ4v) is 3.70. The number of amides is 1. The van der Waals surface area contributed by atoms with Crippen molar-refractivity contribution in [1.29, 1.82) is 0 Å². The number of aryl methyl sites for hydroxylation is 1. The van der Waals surface area contributed by atoms with Gasteiger partial charge in [-0.2, -0.15) is 9.97 Å². The van der Waals surface area contributed by atoms with Crippen LogP contribution in [-0.2, 0) is 22.4 Å². The smallest absolute Gasteiger partial charge is 0.326 e. The summed E-state index contributed by atoms with van der Waals surface area (Å²) in [4.78, 5) is 42.2. The van der Waals surface area contributed by atoms with Crippen LogP contribution in [0.4, 0.5) is 16.2 Å². The number of halogens is 1. The molecule has 0 radical (unpaired) electrons. The summed E-state index contributed by atoms with van der Waals surface area (Å²) in [6.07, 6.45) is 0.531. The zero-order valence-corrected chi connectivity index (χ0v) is 17.5. The predicted molar refractivity (Wildman–Crippen MR) is 114 cm³/mol. The molecule has 1 aliphatic heterocycles. The minimum Gasteiger partial charge on any atom is -0.493 e. The van der Waals surface area contributed by atoms with Gasteiger partial charge in [-0.3, -0.25) is 9.59 Å². The van der Waals surface area contributed by atoms with E-state index in [-0.39, 0.29) is 35.3 Å². The summed E-state index contributed by atoms with van der Waals surface area (Å²) in [6.45, 7) is 0.536. The van der Waals surface area contributed by atoms with E-state index in [0.717, 1.165) is 0 Å². The SMILES string of the molecule is Nc1nc(O)c2c(n1)NCC(CCc1cccc(C(=O)N[C@@H](CCC(=O)O)C(=O)O)c1F)C2. The molecule has 1 aromatic heterocycles. The lowest BCUT2D eigenvalue weighted by Crippen LogP contribution is -2.41. The monoisotopic (exact) mass is 461 g/mol. The van der Waals surface area contributed by atoms with Crippen LogP contribution in [0.25, 0.3) is 0 Å². The Hall–Kier alpha value is -3.96. The first-order valence-corrected chi connectivity index (χ1v) is 10.3. The number of carboxylic acid groups (broad SMARTS) is 2. The molecule has 0 aliphatic carbocycles. The van der Waals surface area contributed by atoms with Gasteiger partial charge in [0.15, 0.2) is 0 Å². The lowest BCUT2D eigenvalue weighted by atomic mass is 9.90. The molecule has 0 saturated heterocycles. The van der Waals surface area contributed by atoms with Crippen molar-refractivity contribution in [1.82, 2.24) is 15.3 Å². The number of nitrogens with zero attached hydrogens (tertiary/aromatic N) is 2. The largest absolute Gasteiger partial charge is 0.493 e. The quantitative estimate of drug-likeness (QED) is 0.316. The van der Waals surface area contributed by atoms with E-state index in [4.69, 9.17) is 10.8 Å². The van der Waals surface area contributed by atoms with E-state index >= 15 is 0 Å². The third-order valence-electron chi connectivity index (χ3n) is 5.45. The Bertz CT molecular complexity index is 1080. The van der Waals surface area contributed by atoms with Crippen molar-refractivity contribution in [2.45, 2.75) is 38.1 Å². The number of benzene rings is 1.